The number of carbonyl (C=O) groups is 2. The van der Waals surface area contributed by atoms with Gasteiger partial charge >= 0.3 is 5.92 Å². The second kappa shape index (κ2) is 4.25. The van der Waals surface area contributed by atoms with E-state index < -0.39 is 29.7 Å². The zero-order chi connectivity index (χ0) is 11.5. The Kier molecular flexibility index (Phi) is 3.24. The molecule has 1 rings (SSSR count). The molecular weight excluding hydrogens is 209 g/mol. The van der Waals surface area contributed by atoms with Crippen molar-refractivity contribution in [2.24, 2.45) is 0 Å². The van der Waals surface area contributed by atoms with E-state index >= 15 is 0 Å². The third-order valence-electron chi connectivity index (χ3n) is 1.80. The number of hydrogen-bond acceptors (Lipinski definition) is 2. The van der Waals surface area contributed by atoms with E-state index in [9.17, 15) is 22.8 Å². The summed E-state index contributed by atoms with van der Waals surface area (Å²) in [6.07, 6.45) is 0. The Balaban J connectivity index is 3.03. The van der Waals surface area contributed by atoms with E-state index in [4.69, 9.17) is 0 Å². The number of Topliss-reactive ketones (excluding diaryl/α,β-unsaturated/α-hetero) is 2. The molecule has 0 saturated carbocycles. The molecule has 0 aromatic heterocycles. The van der Waals surface area contributed by atoms with Crippen molar-refractivity contribution in [3.05, 3.63) is 35.9 Å². The molecule has 1 aromatic rings. The van der Waals surface area contributed by atoms with Gasteiger partial charge in [-0.25, -0.2) is 4.39 Å². The summed E-state index contributed by atoms with van der Waals surface area (Å²) in [5, 5.41) is 0. The summed E-state index contributed by atoms with van der Waals surface area (Å²) in [4.78, 5) is 21.4. The molecule has 0 fully saturated rings. The Morgan fingerprint density at radius 1 is 1.13 bits per heavy atom. The number of alkyl halides is 3. The lowest BCUT2D eigenvalue weighted by Gasteiger charge is -2.13. The second-order valence-electron chi connectivity index (χ2n) is 2.83. The lowest BCUT2D eigenvalue weighted by atomic mass is 10.0. The zero-order valence-electron chi connectivity index (χ0n) is 7.54. The van der Waals surface area contributed by atoms with Crippen molar-refractivity contribution in [1.29, 1.82) is 0 Å². The summed E-state index contributed by atoms with van der Waals surface area (Å²) in [6, 6.07) is 6.10. The Morgan fingerprint density at radius 2 is 1.67 bits per heavy atom. The molecule has 0 saturated heterocycles. The van der Waals surface area contributed by atoms with Gasteiger partial charge in [-0.1, -0.05) is 30.3 Å². The van der Waals surface area contributed by atoms with E-state index in [-0.39, 0.29) is 0 Å². The molecule has 0 bridgehead atoms. The molecule has 0 amide bonds. The Morgan fingerprint density at radius 3 is 2.13 bits per heavy atom. The fourth-order valence-electron chi connectivity index (χ4n) is 1.01. The molecule has 2 nitrogen and oxygen atoms in total. The van der Waals surface area contributed by atoms with Crippen LogP contribution in [0.5, 0.6) is 0 Å². The monoisotopic (exact) mass is 216 g/mol. The van der Waals surface area contributed by atoms with Crippen LogP contribution >= 0.6 is 0 Å². The van der Waals surface area contributed by atoms with Crippen LogP contribution in [0.15, 0.2) is 30.3 Å². The standard InChI is InChI=1S/C10H7F3O2/c11-6-8(14)9(15)10(12,13)7-4-2-1-3-5-7/h1-5H,6H2. The van der Waals surface area contributed by atoms with Gasteiger partial charge in [0.2, 0.25) is 5.78 Å². The predicted molar refractivity (Wildman–Crippen MR) is 46.3 cm³/mol. The van der Waals surface area contributed by atoms with E-state index in [1.165, 1.54) is 18.2 Å². The highest BCUT2D eigenvalue weighted by Crippen LogP contribution is 2.28. The van der Waals surface area contributed by atoms with Gasteiger partial charge in [0, 0.05) is 5.56 Å². The van der Waals surface area contributed by atoms with Crippen LogP contribution in [0.3, 0.4) is 0 Å². The quantitative estimate of drug-likeness (QED) is 0.720. The van der Waals surface area contributed by atoms with E-state index in [0.29, 0.717) is 0 Å². The van der Waals surface area contributed by atoms with Gasteiger partial charge in [-0.05, 0) is 0 Å². The van der Waals surface area contributed by atoms with Crippen molar-refractivity contribution in [3.8, 4) is 0 Å². The maximum Gasteiger partial charge on any atom is 0.338 e. The highest BCUT2D eigenvalue weighted by atomic mass is 19.3. The summed E-state index contributed by atoms with van der Waals surface area (Å²) in [5.41, 5.74) is -0.614. The zero-order valence-corrected chi connectivity index (χ0v) is 7.54. The van der Waals surface area contributed by atoms with Crippen LogP contribution in [-0.4, -0.2) is 18.2 Å². The highest BCUT2D eigenvalue weighted by Gasteiger charge is 2.44. The number of ketones is 2. The fourth-order valence-corrected chi connectivity index (χ4v) is 1.01. The Bertz CT molecular complexity index is 374. The van der Waals surface area contributed by atoms with Crippen molar-refractivity contribution in [2.75, 3.05) is 6.67 Å². The van der Waals surface area contributed by atoms with Gasteiger partial charge < -0.3 is 0 Å². The van der Waals surface area contributed by atoms with Crippen LogP contribution in [0.2, 0.25) is 0 Å². The van der Waals surface area contributed by atoms with Gasteiger partial charge in [-0.2, -0.15) is 8.78 Å². The van der Waals surface area contributed by atoms with Crippen molar-refractivity contribution in [2.45, 2.75) is 5.92 Å². The largest absolute Gasteiger partial charge is 0.338 e. The van der Waals surface area contributed by atoms with E-state index in [0.717, 1.165) is 12.1 Å². The van der Waals surface area contributed by atoms with Gasteiger partial charge in [-0.3, -0.25) is 9.59 Å². The number of carbonyl (C=O) groups excluding carboxylic acids is 2. The van der Waals surface area contributed by atoms with E-state index in [1.807, 2.05) is 0 Å². The van der Waals surface area contributed by atoms with Crippen LogP contribution in [-0.2, 0) is 15.5 Å². The van der Waals surface area contributed by atoms with Crippen molar-refractivity contribution >= 4 is 11.6 Å². The molecule has 0 heterocycles. The van der Waals surface area contributed by atoms with Crippen LogP contribution < -0.4 is 0 Å². The second-order valence-corrected chi connectivity index (χ2v) is 2.83. The molecular formula is C10H7F3O2. The minimum atomic E-state index is -3.95. The first-order valence-electron chi connectivity index (χ1n) is 4.07. The molecule has 5 heteroatoms. The molecule has 0 aliphatic rings. The Hall–Kier alpha value is -1.65. The molecule has 15 heavy (non-hydrogen) atoms. The van der Waals surface area contributed by atoms with Crippen LogP contribution in [0.25, 0.3) is 0 Å². The minimum absolute atomic E-state index is 0.614. The number of benzene rings is 1. The lowest BCUT2D eigenvalue weighted by Crippen LogP contribution is -2.33. The first kappa shape index (κ1) is 11.4. The molecule has 0 N–H and O–H groups in total. The molecule has 0 atom stereocenters. The van der Waals surface area contributed by atoms with Crippen LogP contribution in [0.1, 0.15) is 5.56 Å². The molecule has 0 spiro atoms. The van der Waals surface area contributed by atoms with Crippen LogP contribution in [0.4, 0.5) is 13.2 Å². The molecule has 1 aromatic carbocycles. The number of rotatable bonds is 4. The molecule has 0 aliphatic heterocycles. The molecule has 0 radical (unpaired) electrons. The molecule has 0 aliphatic carbocycles. The van der Waals surface area contributed by atoms with E-state index in [1.54, 1.807) is 0 Å². The predicted octanol–water partition coefficient (Wildman–Crippen LogP) is 1.89. The SMILES string of the molecule is O=C(CF)C(=O)C(F)(F)c1ccccc1. The number of hydrogen-bond donors (Lipinski definition) is 0. The third-order valence-corrected chi connectivity index (χ3v) is 1.80. The number of halogens is 3. The van der Waals surface area contributed by atoms with Gasteiger partial charge in [-0.15, -0.1) is 0 Å². The summed E-state index contributed by atoms with van der Waals surface area (Å²) < 4.78 is 38.3. The third kappa shape index (κ3) is 2.23. The maximum atomic E-state index is 13.2. The highest BCUT2D eigenvalue weighted by molar-refractivity contribution is 6.40. The lowest BCUT2D eigenvalue weighted by molar-refractivity contribution is -0.154. The molecule has 0 unspecified atom stereocenters. The molecule has 80 valence electrons. The Labute approximate surface area is 83.7 Å². The van der Waals surface area contributed by atoms with Crippen LogP contribution in [0, 0.1) is 0 Å². The van der Waals surface area contributed by atoms with Crippen molar-refractivity contribution in [1.82, 2.24) is 0 Å². The topological polar surface area (TPSA) is 34.1 Å². The normalized spacial score (nSPS) is 11.1. The van der Waals surface area contributed by atoms with Gasteiger partial charge in [0.1, 0.15) is 0 Å². The van der Waals surface area contributed by atoms with Crippen molar-refractivity contribution in [3.63, 3.8) is 0 Å². The summed E-state index contributed by atoms with van der Waals surface area (Å²) >= 11 is 0. The van der Waals surface area contributed by atoms with E-state index in [2.05, 4.69) is 0 Å². The first-order valence-corrected chi connectivity index (χ1v) is 4.07. The summed E-state index contributed by atoms with van der Waals surface area (Å²) in [7, 11) is 0. The average molecular weight is 216 g/mol. The smallest absolute Gasteiger partial charge is 0.288 e. The van der Waals surface area contributed by atoms with Gasteiger partial charge in [0.25, 0.3) is 5.78 Å². The summed E-state index contributed by atoms with van der Waals surface area (Å²) in [6.45, 7) is -1.71. The first-order chi connectivity index (χ1) is 7.00. The maximum absolute atomic E-state index is 13.2. The average Bonchev–Trinajstić information content (AvgIpc) is 2.28. The van der Waals surface area contributed by atoms with Crippen molar-refractivity contribution < 1.29 is 22.8 Å². The minimum Gasteiger partial charge on any atom is -0.288 e. The van der Waals surface area contributed by atoms with Gasteiger partial charge in [0.05, 0.1) is 0 Å². The van der Waals surface area contributed by atoms with Gasteiger partial charge in [0.15, 0.2) is 6.67 Å². The fraction of sp³-hybridized carbons (Fsp3) is 0.200. The summed E-state index contributed by atoms with van der Waals surface area (Å²) in [5.74, 6) is -7.69.